The molecule has 0 saturated heterocycles. The largest absolute Gasteiger partial charge is 0.386 e. The highest BCUT2D eigenvalue weighted by molar-refractivity contribution is 6.44. The lowest BCUT2D eigenvalue weighted by Gasteiger charge is -2.24. The molecule has 1 aromatic heterocycles. The first-order valence-corrected chi connectivity index (χ1v) is 11.5. The maximum Gasteiger partial charge on any atom is 0.228 e. The summed E-state index contributed by atoms with van der Waals surface area (Å²) in [6.45, 7) is 9.54. The summed E-state index contributed by atoms with van der Waals surface area (Å²) in [5.41, 5.74) is 3.24. The fourth-order valence-electron chi connectivity index (χ4n) is 3.92. The van der Waals surface area contributed by atoms with Crippen molar-refractivity contribution >= 4 is 11.6 Å². The standard InChI is InChI=1S/C28H31N3O3/c1-6-9-24-30-25(27(34)28(3,4)5)23(16-29)31(24)17-19-12-14-20(15-13-19)21-10-7-8-11-22(21)26(33)18(2)32/h7-8,10-15,27,34H,6,9,17H2,1-5H3. The van der Waals surface area contributed by atoms with Crippen LogP contribution in [0, 0.1) is 16.7 Å². The van der Waals surface area contributed by atoms with Crippen LogP contribution in [0.15, 0.2) is 48.5 Å². The van der Waals surface area contributed by atoms with Gasteiger partial charge in [0.05, 0.1) is 0 Å². The maximum absolute atomic E-state index is 12.3. The van der Waals surface area contributed by atoms with E-state index < -0.39 is 23.1 Å². The number of hydrogen-bond donors (Lipinski definition) is 1. The number of nitriles is 1. The summed E-state index contributed by atoms with van der Waals surface area (Å²) in [6.07, 6.45) is 0.716. The second kappa shape index (κ2) is 10.1. The fourth-order valence-corrected chi connectivity index (χ4v) is 3.92. The third kappa shape index (κ3) is 5.16. The Balaban J connectivity index is 1.98. The van der Waals surface area contributed by atoms with Crippen LogP contribution in [0.3, 0.4) is 0 Å². The van der Waals surface area contributed by atoms with Gasteiger partial charge in [0.1, 0.15) is 29.4 Å². The molecule has 1 heterocycles. The predicted molar refractivity (Wildman–Crippen MR) is 131 cm³/mol. The van der Waals surface area contributed by atoms with Crippen LogP contribution >= 0.6 is 0 Å². The molecule has 0 fully saturated rings. The van der Waals surface area contributed by atoms with Crippen molar-refractivity contribution in [3.05, 3.63) is 76.9 Å². The van der Waals surface area contributed by atoms with E-state index in [4.69, 9.17) is 0 Å². The predicted octanol–water partition coefficient (Wildman–Crippen LogP) is 5.27. The lowest BCUT2D eigenvalue weighted by molar-refractivity contribution is -0.113. The van der Waals surface area contributed by atoms with E-state index in [0.29, 0.717) is 35.5 Å². The summed E-state index contributed by atoms with van der Waals surface area (Å²) in [5, 5.41) is 20.7. The van der Waals surface area contributed by atoms with Crippen LogP contribution in [-0.4, -0.2) is 26.2 Å². The minimum absolute atomic E-state index is 0.382. The molecule has 0 amide bonds. The summed E-state index contributed by atoms with van der Waals surface area (Å²) >= 11 is 0. The quantitative estimate of drug-likeness (QED) is 0.367. The van der Waals surface area contributed by atoms with Gasteiger partial charge in [0.25, 0.3) is 0 Å². The summed E-state index contributed by atoms with van der Waals surface area (Å²) in [6, 6.07) is 17.0. The number of rotatable bonds is 8. The van der Waals surface area contributed by atoms with Gasteiger partial charge in [-0.2, -0.15) is 5.26 Å². The molecular weight excluding hydrogens is 426 g/mol. The maximum atomic E-state index is 12.3. The molecule has 0 aliphatic carbocycles. The van der Waals surface area contributed by atoms with E-state index in [1.54, 1.807) is 12.1 Å². The summed E-state index contributed by atoms with van der Waals surface area (Å²) in [5.74, 6) is -0.227. The number of benzene rings is 2. The van der Waals surface area contributed by atoms with E-state index in [9.17, 15) is 20.0 Å². The van der Waals surface area contributed by atoms with Gasteiger partial charge in [0.15, 0.2) is 5.78 Å². The number of aryl methyl sites for hydroxylation is 1. The minimum Gasteiger partial charge on any atom is -0.386 e. The minimum atomic E-state index is -0.850. The third-order valence-electron chi connectivity index (χ3n) is 5.83. The van der Waals surface area contributed by atoms with E-state index in [-0.39, 0.29) is 0 Å². The molecule has 0 saturated carbocycles. The Morgan fingerprint density at radius 2 is 1.76 bits per heavy atom. The van der Waals surface area contributed by atoms with Crippen molar-refractivity contribution in [3.63, 3.8) is 0 Å². The Bertz CT molecular complexity index is 1240. The lowest BCUT2D eigenvalue weighted by atomic mass is 9.86. The number of aromatic nitrogens is 2. The van der Waals surface area contributed by atoms with Gasteiger partial charge >= 0.3 is 0 Å². The lowest BCUT2D eigenvalue weighted by Crippen LogP contribution is -2.19. The molecule has 1 unspecified atom stereocenters. The molecule has 1 atom stereocenters. The van der Waals surface area contributed by atoms with E-state index in [1.165, 1.54) is 6.92 Å². The van der Waals surface area contributed by atoms with Crippen LogP contribution in [0.2, 0.25) is 0 Å². The van der Waals surface area contributed by atoms with Gasteiger partial charge < -0.3 is 9.67 Å². The van der Waals surface area contributed by atoms with Gasteiger partial charge in [-0.15, -0.1) is 0 Å². The number of imidazole rings is 1. The summed E-state index contributed by atoms with van der Waals surface area (Å²) in [7, 11) is 0. The molecule has 2 aromatic carbocycles. The number of aliphatic hydroxyl groups is 1. The molecule has 0 spiro atoms. The zero-order valence-electron chi connectivity index (χ0n) is 20.4. The van der Waals surface area contributed by atoms with Crippen molar-refractivity contribution in [2.45, 2.75) is 60.1 Å². The summed E-state index contributed by atoms with van der Waals surface area (Å²) in [4.78, 5) is 28.6. The Hall–Kier alpha value is -3.56. The van der Waals surface area contributed by atoms with E-state index in [1.807, 2.05) is 61.7 Å². The molecule has 3 aromatic rings. The Labute approximate surface area is 200 Å². The molecule has 0 aliphatic heterocycles. The first-order chi connectivity index (χ1) is 16.1. The van der Waals surface area contributed by atoms with E-state index >= 15 is 0 Å². The van der Waals surface area contributed by atoms with Gasteiger partial charge in [0, 0.05) is 25.5 Å². The van der Waals surface area contributed by atoms with Crippen LogP contribution < -0.4 is 0 Å². The van der Waals surface area contributed by atoms with Gasteiger partial charge in [-0.3, -0.25) is 9.59 Å². The molecule has 6 nitrogen and oxygen atoms in total. The van der Waals surface area contributed by atoms with Crippen LogP contribution in [-0.2, 0) is 17.8 Å². The highest BCUT2D eigenvalue weighted by atomic mass is 16.3. The number of aliphatic hydroxyl groups excluding tert-OH is 1. The number of Topliss-reactive ketones (excluding diaryl/α,β-unsaturated/α-hetero) is 2. The SMILES string of the molecule is CCCc1nc(C(O)C(C)(C)C)c(C#N)n1Cc1ccc(-c2ccccc2C(=O)C(C)=O)cc1. The van der Waals surface area contributed by atoms with Gasteiger partial charge in [-0.05, 0) is 28.5 Å². The Morgan fingerprint density at radius 3 is 2.32 bits per heavy atom. The van der Waals surface area contributed by atoms with Gasteiger partial charge in [-0.1, -0.05) is 76.2 Å². The molecule has 6 heteroatoms. The topological polar surface area (TPSA) is 96.0 Å². The van der Waals surface area contributed by atoms with Crippen molar-refractivity contribution in [1.82, 2.24) is 9.55 Å². The highest BCUT2D eigenvalue weighted by Crippen LogP contribution is 2.34. The molecule has 176 valence electrons. The van der Waals surface area contributed by atoms with Crippen molar-refractivity contribution in [1.29, 1.82) is 5.26 Å². The van der Waals surface area contributed by atoms with Crippen LogP contribution in [0.1, 0.15) is 80.3 Å². The number of carbonyl (C=O) groups is 2. The molecule has 34 heavy (non-hydrogen) atoms. The number of ketones is 2. The first kappa shape index (κ1) is 25.1. The highest BCUT2D eigenvalue weighted by Gasteiger charge is 2.31. The fraction of sp³-hybridized carbons (Fsp3) is 0.357. The monoisotopic (exact) mass is 457 g/mol. The van der Waals surface area contributed by atoms with Crippen molar-refractivity contribution < 1.29 is 14.7 Å². The molecule has 1 N–H and O–H groups in total. The first-order valence-electron chi connectivity index (χ1n) is 11.5. The zero-order valence-corrected chi connectivity index (χ0v) is 20.4. The third-order valence-corrected chi connectivity index (χ3v) is 5.83. The molecule has 0 bridgehead atoms. The van der Waals surface area contributed by atoms with Crippen molar-refractivity contribution in [2.75, 3.05) is 0 Å². The van der Waals surface area contributed by atoms with E-state index in [2.05, 4.69) is 18.0 Å². The van der Waals surface area contributed by atoms with Crippen LogP contribution in [0.4, 0.5) is 0 Å². The summed E-state index contributed by atoms with van der Waals surface area (Å²) < 4.78 is 1.88. The number of hydrogen-bond acceptors (Lipinski definition) is 5. The molecule has 0 radical (unpaired) electrons. The molecular formula is C28H31N3O3. The second-order valence-electron chi connectivity index (χ2n) is 9.61. The van der Waals surface area contributed by atoms with Crippen LogP contribution in [0.25, 0.3) is 11.1 Å². The normalized spacial score (nSPS) is 12.3. The number of carbonyl (C=O) groups excluding carboxylic acids is 2. The van der Waals surface area contributed by atoms with Gasteiger partial charge in [0.2, 0.25) is 5.78 Å². The van der Waals surface area contributed by atoms with Crippen LogP contribution in [0.5, 0.6) is 0 Å². The van der Waals surface area contributed by atoms with E-state index in [0.717, 1.165) is 23.4 Å². The molecule has 3 rings (SSSR count). The Morgan fingerprint density at radius 1 is 1.12 bits per heavy atom. The average Bonchev–Trinajstić information content (AvgIpc) is 3.14. The Kier molecular flexibility index (Phi) is 7.48. The van der Waals surface area contributed by atoms with Crippen molar-refractivity contribution in [2.24, 2.45) is 5.41 Å². The second-order valence-corrected chi connectivity index (χ2v) is 9.61. The smallest absolute Gasteiger partial charge is 0.228 e. The number of nitrogens with zero attached hydrogens (tertiary/aromatic N) is 3. The molecule has 0 aliphatic rings. The van der Waals surface area contributed by atoms with Gasteiger partial charge in [-0.25, -0.2) is 4.98 Å². The van der Waals surface area contributed by atoms with Crippen molar-refractivity contribution in [3.8, 4) is 17.2 Å². The zero-order chi connectivity index (χ0) is 25.0. The average molecular weight is 458 g/mol.